The van der Waals surface area contributed by atoms with Crippen molar-refractivity contribution in [3.05, 3.63) is 95.2 Å². The Morgan fingerprint density at radius 1 is 1.02 bits per heavy atom. The molecule has 0 bridgehead atoms. The van der Waals surface area contributed by atoms with Gasteiger partial charge in [-0.1, -0.05) is 24.3 Å². The minimum absolute atomic E-state index is 0.195. The number of aromatic nitrogens is 4. The van der Waals surface area contributed by atoms with Crippen LogP contribution in [0.15, 0.2) is 67.0 Å². The van der Waals surface area contributed by atoms with E-state index in [1.165, 1.54) is 6.07 Å². The summed E-state index contributed by atoms with van der Waals surface area (Å²) in [5.74, 6) is 1.70. The number of hydrogen-bond acceptors (Lipinski definition) is 9. The monoisotopic (exact) mass is 642 g/mol. The van der Waals surface area contributed by atoms with Gasteiger partial charge < -0.3 is 25.0 Å². The molecule has 4 aromatic rings. The van der Waals surface area contributed by atoms with Crippen LogP contribution in [0.25, 0.3) is 11.9 Å². The molecule has 2 aromatic carbocycles. The number of nitrogens with zero attached hydrogens (tertiary/aromatic N) is 6. The van der Waals surface area contributed by atoms with Crippen LogP contribution in [-0.2, 0) is 17.8 Å². The fourth-order valence-electron chi connectivity index (χ4n) is 5.22. The maximum Gasteiger partial charge on any atom is 0.407 e. The molecule has 248 valence electrons. The first-order chi connectivity index (χ1) is 22.6. The summed E-state index contributed by atoms with van der Waals surface area (Å²) < 4.78 is 26.8. The van der Waals surface area contributed by atoms with E-state index in [1.54, 1.807) is 40.1 Å². The topological polar surface area (TPSA) is 110 Å². The first-order valence-electron chi connectivity index (χ1n) is 15.7. The van der Waals surface area contributed by atoms with Gasteiger partial charge in [0.05, 0.1) is 19.0 Å². The Kier molecular flexibility index (Phi) is 10.7. The van der Waals surface area contributed by atoms with Crippen LogP contribution >= 0.6 is 0 Å². The number of alkyl carbamates (subject to hydrolysis) is 1. The predicted molar refractivity (Wildman–Crippen MR) is 181 cm³/mol. The number of ether oxygens (including phenoxy) is 2. The summed E-state index contributed by atoms with van der Waals surface area (Å²) in [5, 5.41) is 10.6. The lowest BCUT2D eigenvalue weighted by Gasteiger charge is -2.35. The van der Waals surface area contributed by atoms with Crippen LogP contribution in [0, 0.1) is 12.7 Å². The molecule has 5 rings (SSSR count). The molecule has 0 spiro atoms. The number of amides is 1. The van der Waals surface area contributed by atoms with Crippen LogP contribution in [0.3, 0.4) is 0 Å². The van der Waals surface area contributed by atoms with Crippen molar-refractivity contribution in [3.8, 4) is 11.6 Å². The molecule has 1 amide bonds. The predicted octanol–water partition coefficient (Wildman–Crippen LogP) is 5.59. The number of nitrogens with one attached hydrogen (secondary N) is 2. The average Bonchev–Trinajstić information content (AvgIpc) is 3.42. The van der Waals surface area contributed by atoms with Crippen LogP contribution in [0.2, 0.25) is 0 Å². The largest absolute Gasteiger partial charge is 0.497 e. The maximum absolute atomic E-state index is 14.5. The zero-order valence-electron chi connectivity index (χ0n) is 27.7. The van der Waals surface area contributed by atoms with Gasteiger partial charge in [0.2, 0.25) is 5.95 Å². The average molecular weight is 643 g/mol. The van der Waals surface area contributed by atoms with E-state index in [2.05, 4.69) is 47.7 Å². The molecule has 47 heavy (non-hydrogen) atoms. The Labute approximate surface area is 275 Å². The molecule has 1 aliphatic heterocycles. The molecule has 0 unspecified atom stereocenters. The number of carbonyl (C=O) groups is 1. The van der Waals surface area contributed by atoms with E-state index < -0.39 is 11.7 Å². The van der Waals surface area contributed by atoms with Gasteiger partial charge in [0.15, 0.2) is 5.82 Å². The Bertz CT molecular complexity index is 1680. The number of piperazine rings is 1. The molecule has 2 N–H and O–H groups in total. The summed E-state index contributed by atoms with van der Waals surface area (Å²) in [6, 6.07) is 14.6. The molecule has 12 heteroatoms. The van der Waals surface area contributed by atoms with E-state index >= 15 is 0 Å². The van der Waals surface area contributed by atoms with Crippen molar-refractivity contribution in [2.75, 3.05) is 50.1 Å². The van der Waals surface area contributed by atoms with Crippen molar-refractivity contribution in [1.29, 1.82) is 0 Å². The van der Waals surface area contributed by atoms with Gasteiger partial charge in [0.1, 0.15) is 17.2 Å². The molecule has 3 heterocycles. The highest BCUT2D eigenvalue weighted by Gasteiger charge is 2.19. The van der Waals surface area contributed by atoms with Crippen molar-refractivity contribution in [1.82, 2.24) is 30.0 Å². The fraction of sp³-hybridized carbons (Fsp3) is 0.371. The number of carbonyl (C=O) groups excluding carboxylic acids is 1. The number of anilines is 2. The molecule has 0 radical (unpaired) electrons. The van der Waals surface area contributed by atoms with E-state index in [0.29, 0.717) is 23.9 Å². The molecule has 1 saturated heterocycles. The van der Waals surface area contributed by atoms with Gasteiger partial charge in [-0.15, -0.1) is 0 Å². The van der Waals surface area contributed by atoms with Crippen molar-refractivity contribution in [3.63, 3.8) is 0 Å². The van der Waals surface area contributed by atoms with Gasteiger partial charge in [-0.3, -0.25) is 4.90 Å². The summed E-state index contributed by atoms with van der Waals surface area (Å²) in [5.41, 5.74) is 4.00. The van der Waals surface area contributed by atoms with Crippen molar-refractivity contribution < 1.29 is 18.7 Å². The molecule has 11 nitrogen and oxygen atoms in total. The first-order valence-corrected chi connectivity index (χ1v) is 15.7. The van der Waals surface area contributed by atoms with E-state index in [4.69, 9.17) is 9.47 Å². The molecular weight excluding hydrogens is 599 g/mol. The van der Waals surface area contributed by atoms with E-state index in [0.717, 1.165) is 61.0 Å². The van der Waals surface area contributed by atoms with Crippen LogP contribution < -0.4 is 20.3 Å². The highest BCUT2D eigenvalue weighted by atomic mass is 19.1. The molecule has 0 aliphatic carbocycles. The van der Waals surface area contributed by atoms with E-state index in [-0.39, 0.29) is 12.4 Å². The lowest BCUT2D eigenvalue weighted by molar-refractivity contribution is 0.0523. The van der Waals surface area contributed by atoms with E-state index in [9.17, 15) is 9.18 Å². The maximum atomic E-state index is 14.5. The van der Waals surface area contributed by atoms with Crippen molar-refractivity contribution in [2.45, 2.75) is 46.4 Å². The number of rotatable bonds is 11. The number of halogens is 1. The van der Waals surface area contributed by atoms with Crippen LogP contribution in [0.5, 0.6) is 5.75 Å². The normalized spacial score (nSPS) is 14.0. The van der Waals surface area contributed by atoms with Gasteiger partial charge in [0, 0.05) is 69.3 Å². The quantitative estimate of drug-likeness (QED) is 0.216. The standard InChI is InChI=1S/C35H43FN8O3/c1-25-28(24-40-44(25)32-12-13-37-33(41-32)38-22-26-8-10-31(46-5)11-9-26)7-6-14-42-15-17-43(18-16-42)30-20-27(19-29(36)21-30)23-39-34(45)47-35(2,3)4/h6-13,19-21,24H,14-18,22-23H2,1-5H3,(H,39,45)(H,37,38,41). The Morgan fingerprint density at radius 3 is 2.51 bits per heavy atom. The first kappa shape index (κ1) is 33.4. The van der Waals surface area contributed by atoms with Crippen molar-refractivity contribution >= 4 is 23.8 Å². The van der Waals surface area contributed by atoms with Gasteiger partial charge in [-0.25, -0.2) is 18.9 Å². The van der Waals surface area contributed by atoms with Crippen LogP contribution in [0.1, 0.15) is 43.2 Å². The lowest BCUT2D eigenvalue weighted by atomic mass is 10.1. The second-order valence-electron chi connectivity index (χ2n) is 12.4. The Balaban J connectivity index is 1.11. The Hall–Kier alpha value is -4.97. The van der Waals surface area contributed by atoms with Gasteiger partial charge in [0.25, 0.3) is 0 Å². The van der Waals surface area contributed by atoms with Gasteiger partial charge in [-0.05, 0) is 69.2 Å². The fourth-order valence-corrected chi connectivity index (χ4v) is 5.22. The summed E-state index contributed by atoms with van der Waals surface area (Å²) in [6.07, 6.45) is 7.28. The third-order valence-electron chi connectivity index (χ3n) is 7.69. The molecule has 1 fully saturated rings. The summed E-state index contributed by atoms with van der Waals surface area (Å²) in [4.78, 5) is 25.6. The van der Waals surface area contributed by atoms with Crippen LogP contribution in [-0.4, -0.2) is 76.2 Å². The Morgan fingerprint density at radius 2 is 1.79 bits per heavy atom. The summed E-state index contributed by atoms with van der Waals surface area (Å²) >= 11 is 0. The number of benzene rings is 2. The number of hydrogen-bond donors (Lipinski definition) is 2. The van der Waals surface area contributed by atoms with Gasteiger partial charge in [-0.2, -0.15) is 10.1 Å². The molecule has 1 aliphatic rings. The minimum atomic E-state index is -0.591. The smallest absolute Gasteiger partial charge is 0.407 e. The zero-order valence-corrected chi connectivity index (χ0v) is 27.7. The second kappa shape index (κ2) is 15.1. The highest BCUT2D eigenvalue weighted by Crippen LogP contribution is 2.21. The molecule has 0 atom stereocenters. The third kappa shape index (κ3) is 9.52. The minimum Gasteiger partial charge on any atom is -0.497 e. The molecule has 0 saturated carbocycles. The third-order valence-corrected chi connectivity index (χ3v) is 7.69. The highest BCUT2D eigenvalue weighted by molar-refractivity contribution is 5.67. The summed E-state index contributed by atoms with van der Waals surface area (Å²) in [6.45, 7) is 12.2. The lowest BCUT2D eigenvalue weighted by Crippen LogP contribution is -2.46. The summed E-state index contributed by atoms with van der Waals surface area (Å²) in [7, 11) is 1.65. The second-order valence-corrected chi connectivity index (χ2v) is 12.4. The van der Waals surface area contributed by atoms with Crippen molar-refractivity contribution in [2.24, 2.45) is 0 Å². The molecular formula is C35H43FN8O3. The zero-order chi connectivity index (χ0) is 33.4. The van der Waals surface area contributed by atoms with E-state index in [1.807, 2.05) is 54.2 Å². The number of methoxy groups -OCH3 is 1. The molecule has 2 aromatic heterocycles. The van der Waals surface area contributed by atoms with Crippen LogP contribution in [0.4, 0.5) is 20.8 Å². The SMILES string of the molecule is COc1ccc(CNc2nccc(-n3ncc(C=CCN4CCN(c5cc(F)cc(CNC(=O)OC(C)(C)C)c5)CC4)c3C)n2)cc1. The van der Waals surface area contributed by atoms with Gasteiger partial charge >= 0.3 is 6.09 Å².